The SMILES string of the molecule is CC(CC(=O)OCC1CO1)CC(C)(C)C(=O)OCC1CO1. The second-order valence-corrected chi connectivity index (χ2v) is 6.59. The molecular formula is C15H24O6. The van der Waals surface area contributed by atoms with Gasteiger partial charge in [0.1, 0.15) is 25.4 Å². The Morgan fingerprint density at radius 3 is 2.19 bits per heavy atom. The van der Waals surface area contributed by atoms with E-state index in [1.54, 1.807) is 0 Å². The standard InChI is InChI=1S/C15H24O6/c1-10(4-13(16)20-8-11-6-18-11)5-15(2,3)14(17)21-9-12-7-19-12/h10-12H,4-9H2,1-3H3. The zero-order valence-electron chi connectivity index (χ0n) is 12.9. The van der Waals surface area contributed by atoms with Gasteiger partial charge in [-0.3, -0.25) is 9.59 Å². The molecule has 2 aliphatic rings. The molecule has 0 N–H and O–H groups in total. The quantitative estimate of drug-likeness (QED) is 0.472. The molecule has 3 unspecified atom stereocenters. The van der Waals surface area contributed by atoms with E-state index in [-0.39, 0.29) is 30.1 Å². The summed E-state index contributed by atoms with van der Waals surface area (Å²) in [4.78, 5) is 23.7. The Morgan fingerprint density at radius 2 is 1.67 bits per heavy atom. The first-order valence-corrected chi connectivity index (χ1v) is 7.43. The molecule has 0 aromatic carbocycles. The summed E-state index contributed by atoms with van der Waals surface area (Å²) >= 11 is 0. The molecule has 2 aliphatic heterocycles. The fourth-order valence-corrected chi connectivity index (χ4v) is 2.25. The lowest BCUT2D eigenvalue weighted by Gasteiger charge is -2.25. The molecule has 21 heavy (non-hydrogen) atoms. The van der Waals surface area contributed by atoms with Crippen LogP contribution in [0.5, 0.6) is 0 Å². The van der Waals surface area contributed by atoms with E-state index in [0.717, 1.165) is 0 Å². The maximum atomic E-state index is 12.0. The molecule has 3 atom stereocenters. The van der Waals surface area contributed by atoms with Crippen molar-refractivity contribution in [3.8, 4) is 0 Å². The molecule has 0 aliphatic carbocycles. The first kappa shape index (κ1) is 16.2. The van der Waals surface area contributed by atoms with Crippen LogP contribution in [0.4, 0.5) is 0 Å². The van der Waals surface area contributed by atoms with Crippen molar-refractivity contribution in [2.75, 3.05) is 26.4 Å². The second kappa shape index (κ2) is 6.75. The largest absolute Gasteiger partial charge is 0.463 e. The third kappa shape index (κ3) is 6.01. The van der Waals surface area contributed by atoms with Crippen LogP contribution in [0.2, 0.25) is 0 Å². The molecule has 2 heterocycles. The van der Waals surface area contributed by atoms with Crippen LogP contribution in [0, 0.1) is 11.3 Å². The Morgan fingerprint density at radius 1 is 1.14 bits per heavy atom. The Labute approximate surface area is 125 Å². The smallest absolute Gasteiger partial charge is 0.311 e. The van der Waals surface area contributed by atoms with Crippen molar-refractivity contribution >= 4 is 11.9 Å². The minimum Gasteiger partial charge on any atom is -0.463 e. The fraction of sp³-hybridized carbons (Fsp3) is 0.867. The Kier molecular flexibility index (Phi) is 5.22. The van der Waals surface area contributed by atoms with Gasteiger partial charge in [0, 0.05) is 6.42 Å². The highest BCUT2D eigenvalue weighted by molar-refractivity contribution is 5.76. The van der Waals surface area contributed by atoms with Crippen LogP contribution in [0.3, 0.4) is 0 Å². The summed E-state index contributed by atoms with van der Waals surface area (Å²) in [5, 5.41) is 0. The highest BCUT2D eigenvalue weighted by Gasteiger charge is 2.34. The van der Waals surface area contributed by atoms with E-state index in [9.17, 15) is 9.59 Å². The van der Waals surface area contributed by atoms with Crippen molar-refractivity contribution in [3.05, 3.63) is 0 Å². The molecule has 120 valence electrons. The van der Waals surface area contributed by atoms with Crippen LogP contribution in [0.15, 0.2) is 0 Å². The molecule has 2 fully saturated rings. The number of carbonyl (C=O) groups excluding carboxylic acids is 2. The third-order valence-corrected chi connectivity index (χ3v) is 3.56. The normalized spacial score (nSPS) is 25.1. The van der Waals surface area contributed by atoms with Crippen molar-refractivity contribution in [1.82, 2.24) is 0 Å². The maximum absolute atomic E-state index is 12.0. The monoisotopic (exact) mass is 300 g/mol. The number of esters is 2. The van der Waals surface area contributed by atoms with Crippen molar-refractivity contribution in [1.29, 1.82) is 0 Å². The number of hydrogen-bond acceptors (Lipinski definition) is 6. The van der Waals surface area contributed by atoms with Gasteiger partial charge in [-0.25, -0.2) is 0 Å². The summed E-state index contributed by atoms with van der Waals surface area (Å²) in [5.74, 6) is -0.435. The van der Waals surface area contributed by atoms with Gasteiger partial charge < -0.3 is 18.9 Å². The first-order chi connectivity index (χ1) is 9.87. The lowest BCUT2D eigenvalue weighted by molar-refractivity contribution is -0.156. The van der Waals surface area contributed by atoms with E-state index in [1.807, 2.05) is 20.8 Å². The van der Waals surface area contributed by atoms with E-state index in [0.29, 0.717) is 39.3 Å². The summed E-state index contributed by atoms with van der Waals surface area (Å²) in [5.41, 5.74) is -0.617. The van der Waals surface area contributed by atoms with Gasteiger partial charge in [0.2, 0.25) is 0 Å². The summed E-state index contributed by atoms with van der Waals surface area (Å²) in [7, 11) is 0. The van der Waals surface area contributed by atoms with Crippen molar-refractivity contribution in [2.24, 2.45) is 11.3 Å². The number of rotatable bonds is 9. The Bertz CT molecular complexity index is 384. The predicted molar refractivity (Wildman–Crippen MR) is 73.6 cm³/mol. The summed E-state index contributed by atoms with van der Waals surface area (Å²) < 4.78 is 20.3. The van der Waals surface area contributed by atoms with Crippen LogP contribution in [0.1, 0.15) is 33.6 Å². The molecule has 0 bridgehead atoms. The predicted octanol–water partition coefficient (Wildman–Crippen LogP) is 1.31. The Balaban J connectivity index is 1.66. The summed E-state index contributed by atoms with van der Waals surface area (Å²) in [6, 6.07) is 0. The van der Waals surface area contributed by atoms with Crippen LogP contribution in [-0.4, -0.2) is 50.6 Å². The molecule has 2 saturated heterocycles. The molecular weight excluding hydrogens is 276 g/mol. The number of ether oxygens (including phenoxy) is 4. The van der Waals surface area contributed by atoms with Crippen molar-refractivity contribution < 1.29 is 28.5 Å². The van der Waals surface area contributed by atoms with Gasteiger partial charge >= 0.3 is 11.9 Å². The van der Waals surface area contributed by atoms with Crippen LogP contribution < -0.4 is 0 Å². The molecule has 6 heteroatoms. The summed E-state index contributed by atoms with van der Waals surface area (Å²) in [6.07, 6.45) is 1.03. The number of epoxide rings is 2. The second-order valence-electron chi connectivity index (χ2n) is 6.59. The molecule has 0 saturated carbocycles. The topological polar surface area (TPSA) is 77.7 Å². The van der Waals surface area contributed by atoms with Gasteiger partial charge in [-0.05, 0) is 26.2 Å². The minimum atomic E-state index is -0.617. The number of carbonyl (C=O) groups is 2. The molecule has 0 spiro atoms. The average Bonchev–Trinajstić information content (AvgIpc) is 3.26. The van der Waals surface area contributed by atoms with E-state index < -0.39 is 5.41 Å². The lowest BCUT2D eigenvalue weighted by Crippen LogP contribution is -2.30. The fourth-order valence-electron chi connectivity index (χ4n) is 2.25. The lowest BCUT2D eigenvalue weighted by atomic mass is 9.82. The minimum absolute atomic E-state index is 0.0531. The highest BCUT2D eigenvalue weighted by Crippen LogP contribution is 2.29. The van der Waals surface area contributed by atoms with Gasteiger partial charge in [0.25, 0.3) is 0 Å². The third-order valence-electron chi connectivity index (χ3n) is 3.56. The maximum Gasteiger partial charge on any atom is 0.311 e. The highest BCUT2D eigenvalue weighted by atomic mass is 16.6. The van der Waals surface area contributed by atoms with Gasteiger partial charge in [0.15, 0.2) is 0 Å². The van der Waals surface area contributed by atoms with E-state index in [2.05, 4.69) is 0 Å². The van der Waals surface area contributed by atoms with E-state index >= 15 is 0 Å². The molecule has 6 nitrogen and oxygen atoms in total. The molecule has 0 radical (unpaired) electrons. The molecule has 0 amide bonds. The van der Waals surface area contributed by atoms with Gasteiger partial charge in [0.05, 0.1) is 18.6 Å². The van der Waals surface area contributed by atoms with Gasteiger partial charge in [-0.2, -0.15) is 0 Å². The average molecular weight is 300 g/mol. The number of hydrogen-bond donors (Lipinski definition) is 0. The first-order valence-electron chi connectivity index (χ1n) is 7.43. The zero-order valence-corrected chi connectivity index (χ0v) is 12.9. The van der Waals surface area contributed by atoms with E-state index in [1.165, 1.54) is 0 Å². The molecule has 0 aromatic heterocycles. The Hall–Kier alpha value is -1.14. The zero-order chi connectivity index (χ0) is 15.5. The van der Waals surface area contributed by atoms with Gasteiger partial charge in [-0.1, -0.05) is 6.92 Å². The molecule has 0 aromatic rings. The van der Waals surface area contributed by atoms with Crippen LogP contribution >= 0.6 is 0 Å². The van der Waals surface area contributed by atoms with E-state index in [4.69, 9.17) is 18.9 Å². The van der Waals surface area contributed by atoms with Crippen molar-refractivity contribution in [2.45, 2.75) is 45.8 Å². The summed E-state index contributed by atoms with van der Waals surface area (Å²) in [6.45, 7) is 7.60. The van der Waals surface area contributed by atoms with Crippen LogP contribution in [-0.2, 0) is 28.5 Å². The molecule has 2 rings (SSSR count). The van der Waals surface area contributed by atoms with Crippen LogP contribution in [0.25, 0.3) is 0 Å². The van der Waals surface area contributed by atoms with Gasteiger partial charge in [-0.15, -0.1) is 0 Å². The van der Waals surface area contributed by atoms with Crippen molar-refractivity contribution in [3.63, 3.8) is 0 Å².